The minimum absolute atomic E-state index is 0.0257. The molecule has 0 atom stereocenters. The number of para-hydroxylation sites is 1. The Balaban J connectivity index is 1.40. The van der Waals surface area contributed by atoms with E-state index in [0.29, 0.717) is 19.4 Å². The summed E-state index contributed by atoms with van der Waals surface area (Å²) in [5.74, 6) is -0.0257. The number of aryl methyl sites for hydroxylation is 3. The van der Waals surface area contributed by atoms with E-state index in [0.717, 1.165) is 29.8 Å². The van der Waals surface area contributed by atoms with E-state index in [1.54, 1.807) is 12.1 Å². The van der Waals surface area contributed by atoms with Crippen molar-refractivity contribution in [1.29, 1.82) is 0 Å². The molecule has 8 heteroatoms. The summed E-state index contributed by atoms with van der Waals surface area (Å²) in [7, 11) is -3.69. The molecule has 0 fully saturated rings. The third-order valence-corrected chi connectivity index (χ3v) is 5.79. The topological polar surface area (TPSA) is 107 Å². The number of rotatable bonds is 9. The Morgan fingerprint density at radius 1 is 1.07 bits per heavy atom. The molecule has 3 aromatic rings. The Labute approximate surface area is 177 Å². The molecule has 0 radical (unpaired) electrons. The van der Waals surface area contributed by atoms with Gasteiger partial charge in [0.2, 0.25) is 15.9 Å². The van der Waals surface area contributed by atoms with Crippen LogP contribution in [0.25, 0.3) is 5.69 Å². The highest BCUT2D eigenvalue weighted by Gasteiger charge is 2.09. The van der Waals surface area contributed by atoms with Crippen LogP contribution in [0.15, 0.2) is 65.7 Å². The third kappa shape index (κ3) is 6.01. The standard InChI is InChI=1S/C22H26N4O3S/c1-17-19(16-26(25-17)20-7-3-2-4-8-20)6-5-15-24-22(27)14-11-18-9-12-21(13-10-18)30(23,28)29/h2-4,7-10,12-13,16H,5-6,11,14-15H2,1H3,(H,24,27)(H2,23,28,29). The fourth-order valence-electron chi connectivity index (χ4n) is 3.15. The van der Waals surface area contributed by atoms with E-state index in [1.165, 1.54) is 17.7 Å². The number of hydrogen-bond donors (Lipinski definition) is 2. The van der Waals surface area contributed by atoms with Crippen LogP contribution in [0.2, 0.25) is 0 Å². The second-order valence-corrected chi connectivity index (χ2v) is 8.72. The number of nitrogens with zero attached hydrogens (tertiary/aromatic N) is 2. The summed E-state index contributed by atoms with van der Waals surface area (Å²) in [6.45, 7) is 2.59. The van der Waals surface area contributed by atoms with E-state index < -0.39 is 10.0 Å². The average Bonchev–Trinajstić information content (AvgIpc) is 3.10. The zero-order valence-corrected chi connectivity index (χ0v) is 17.7. The lowest BCUT2D eigenvalue weighted by atomic mass is 10.1. The molecule has 0 saturated heterocycles. The van der Waals surface area contributed by atoms with Crippen LogP contribution in [-0.2, 0) is 27.7 Å². The van der Waals surface area contributed by atoms with Crippen LogP contribution in [-0.4, -0.2) is 30.7 Å². The van der Waals surface area contributed by atoms with Crippen molar-refractivity contribution in [3.8, 4) is 5.69 Å². The largest absolute Gasteiger partial charge is 0.356 e. The Bertz CT molecular complexity index is 1090. The SMILES string of the molecule is Cc1nn(-c2ccccc2)cc1CCCNC(=O)CCc1ccc(S(N)(=O)=O)cc1. The highest BCUT2D eigenvalue weighted by Crippen LogP contribution is 2.13. The Morgan fingerprint density at radius 3 is 2.43 bits per heavy atom. The van der Waals surface area contributed by atoms with Gasteiger partial charge in [-0.05, 0) is 61.6 Å². The molecule has 3 rings (SSSR count). The minimum Gasteiger partial charge on any atom is -0.356 e. The summed E-state index contributed by atoms with van der Waals surface area (Å²) in [4.78, 5) is 12.1. The van der Waals surface area contributed by atoms with Gasteiger partial charge in [-0.1, -0.05) is 30.3 Å². The molecule has 0 saturated carbocycles. The van der Waals surface area contributed by atoms with Gasteiger partial charge in [0.1, 0.15) is 0 Å². The first-order chi connectivity index (χ1) is 14.3. The first-order valence-electron chi connectivity index (χ1n) is 9.82. The van der Waals surface area contributed by atoms with Crippen LogP contribution in [0.4, 0.5) is 0 Å². The van der Waals surface area contributed by atoms with Crippen molar-refractivity contribution in [2.45, 2.75) is 37.5 Å². The van der Waals surface area contributed by atoms with Crippen LogP contribution in [0, 0.1) is 6.92 Å². The van der Waals surface area contributed by atoms with Crippen molar-refractivity contribution in [1.82, 2.24) is 15.1 Å². The molecule has 2 aromatic carbocycles. The smallest absolute Gasteiger partial charge is 0.238 e. The second kappa shape index (κ2) is 9.69. The molecule has 30 heavy (non-hydrogen) atoms. The molecule has 0 unspecified atom stereocenters. The van der Waals surface area contributed by atoms with E-state index in [9.17, 15) is 13.2 Å². The zero-order valence-electron chi connectivity index (χ0n) is 16.9. The van der Waals surface area contributed by atoms with E-state index in [1.807, 2.05) is 48.1 Å². The summed E-state index contributed by atoms with van der Waals surface area (Å²) in [6.07, 6.45) is 4.60. The van der Waals surface area contributed by atoms with Crippen LogP contribution in [0.1, 0.15) is 29.7 Å². The molecule has 1 heterocycles. The summed E-state index contributed by atoms with van der Waals surface area (Å²) < 4.78 is 24.4. The number of aromatic nitrogens is 2. The molecule has 0 aliphatic carbocycles. The van der Waals surface area contributed by atoms with E-state index >= 15 is 0 Å². The lowest BCUT2D eigenvalue weighted by Crippen LogP contribution is -2.25. The molecule has 7 nitrogen and oxygen atoms in total. The molecular weight excluding hydrogens is 400 g/mol. The van der Waals surface area contributed by atoms with Crippen LogP contribution in [0.5, 0.6) is 0 Å². The molecular formula is C22H26N4O3S. The summed E-state index contributed by atoms with van der Waals surface area (Å²) in [6, 6.07) is 16.2. The van der Waals surface area contributed by atoms with Crippen molar-refractivity contribution in [2.75, 3.05) is 6.54 Å². The quantitative estimate of drug-likeness (QED) is 0.513. The maximum atomic E-state index is 12.1. The highest BCUT2D eigenvalue weighted by atomic mass is 32.2. The van der Waals surface area contributed by atoms with Gasteiger partial charge in [-0.3, -0.25) is 4.79 Å². The molecule has 1 aromatic heterocycles. The number of carbonyl (C=O) groups is 1. The number of benzene rings is 2. The average molecular weight is 427 g/mol. The Kier molecular flexibility index (Phi) is 7.02. The predicted molar refractivity (Wildman–Crippen MR) is 116 cm³/mol. The van der Waals surface area contributed by atoms with Gasteiger partial charge in [-0.15, -0.1) is 0 Å². The van der Waals surface area contributed by atoms with Gasteiger partial charge in [0.15, 0.2) is 0 Å². The fraction of sp³-hybridized carbons (Fsp3) is 0.273. The zero-order chi connectivity index (χ0) is 21.6. The van der Waals surface area contributed by atoms with Gasteiger partial charge in [0.05, 0.1) is 16.3 Å². The normalized spacial score (nSPS) is 11.4. The molecule has 158 valence electrons. The fourth-order valence-corrected chi connectivity index (χ4v) is 3.67. The van der Waals surface area contributed by atoms with E-state index in [4.69, 9.17) is 5.14 Å². The highest BCUT2D eigenvalue weighted by molar-refractivity contribution is 7.89. The first-order valence-corrected chi connectivity index (χ1v) is 11.4. The summed E-state index contributed by atoms with van der Waals surface area (Å²) >= 11 is 0. The lowest BCUT2D eigenvalue weighted by Gasteiger charge is -2.06. The number of hydrogen-bond acceptors (Lipinski definition) is 4. The lowest BCUT2D eigenvalue weighted by molar-refractivity contribution is -0.121. The van der Waals surface area contributed by atoms with Crippen LogP contribution < -0.4 is 10.5 Å². The number of primary sulfonamides is 1. The number of sulfonamides is 1. The van der Waals surface area contributed by atoms with Crippen LogP contribution >= 0.6 is 0 Å². The summed E-state index contributed by atoms with van der Waals surface area (Å²) in [5.41, 5.74) is 4.08. The van der Waals surface area contributed by atoms with Gasteiger partial charge < -0.3 is 5.32 Å². The van der Waals surface area contributed by atoms with Gasteiger partial charge in [-0.2, -0.15) is 5.10 Å². The molecule has 0 aliphatic rings. The van der Waals surface area contributed by atoms with Crippen molar-refractivity contribution in [3.63, 3.8) is 0 Å². The molecule has 0 spiro atoms. The maximum Gasteiger partial charge on any atom is 0.238 e. The number of nitrogens with two attached hydrogens (primary N) is 1. The number of amides is 1. The maximum absolute atomic E-state index is 12.1. The number of carbonyl (C=O) groups excluding carboxylic acids is 1. The summed E-state index contributed by atoms with van der Waals surface area (Å²) in [5, 5.41) is 12.6. The van der Waals surface area contributed by atoms with E-state index in [-0.39, 0.29) is 10.8 Å². The number of nitrogens with one attached hydrogen (secondary N) is 1. The minimum atomic E-state index is -3.69. The molecule has 1 amide bonds. The van der Waals surface area contributed by atoms with E-state index in [2.05, 4.69) is 10.4 Å². The second-order valence-electron chi connectivity index (χ2n) is 7.16. The predicted octanol–water partition coefficient (Wildman–Crippen LogP) is 2.51. The van der Waals surface area contributed by atoms with Crippen molar-refractivity contribution < 1.29 is 13.2 Å². The van der Waals surface area contributed by atoms with Gasteiger partial charge in [0, 0.05) is 19.2 Å². The first kappa shape index (κ1) is 21.7. The Morgan fingerprint density at radius 2 is 1.77 bits per heavy atom. The molecule has 3 N–H and O–H groups in total. The van der Waals surface area contributed by atoms with Crippen molar-refractivity contribution in [3.05, 3.63) is 77.6 Å². The molecule has 0 bridgehead atoms. The van der Waals surface area contributed by atoms with Gasteiger partial charge in [-0.25, -0.2) is 18.2 Å². The van der Waals surface area contributed by atoms with Gasteiger partial charge in [0.25, 0.3) is 0 Å². The third-order valence-electron chi connectivity index (χ3n) is 4.86. The van der Waals surface area contributed by atoms with Crippen molar-refractivity contribution in [2.24, 2.45) is 5.14 Å². The van der Waals surface area contributed by atoms with Crippen molar-refractivity contribution >= 4 is 15.9 Å². The monoisotopic (exact) mass is 426 g/mol. The van der Waals surface area contributed by atoms with Crippen LogP contribution in [0.3, 0.4) is 0 Å². The Hall–Kier alpha value is -2.97. The molecule has 0 aliphatic heterocycles. The van der Waals surface area contributed by atoms with Gasteiger partial charge >= 0.3 is 0 Å².